The van der Waals surface area contributed by atoms with Gasteiger partial charge >= 0.3 is 0 Å². The van der Waals surface area contributed by atoms with Crippen molar-refractivity contribution in [1.29, 1.82) is 0 Å². The first-order chi connectivity index (χ1) is 8.99. The van der Waals surface area contributed by atoms with Crippen LogP contribution in [0, 0.1) is 5.92 Å². The standard InChI is InChI=1S/C15H23ClN2O/c1-10(17)15(12-3-5-14(16)6-4-12)18-8-7-13(9-18)11(2)19/h3-6,10-11,13,15,19H,7-9,17H2,1-2H3. The van der Waals surface area contributed by atoms with Gasteiger partial charge in [-0.15, -0.1) is 0 Å². The molecule has 3 nitrogen and oxygen atoms in total. The van der Waals surface area contributed by atoms with Gasteiger partial charge in [-0.1, -0.05) is 23.7 Å². The zero-order valence-corrected chi connectivity index (χ0v) is 12.3. The fourth-order valence-corrected chi connectivity index (χ4v) is 3.09. The summed E-state index contributed by atoms with van der Waals surface area (Å²) in [5.74, 6) is 0.355. The molecule has 0 radical (unpaired) electrons. The van der Waals surface area contributed by atoms with Crippen molar-refractivity contribution in [2.45, 2.75) is 38.5 Å². The summed E-state index contributed by atoms with van der Waals surface area (Å²) in [5.41, 5.74) is 7.37. The molecule has 4 heteroatoms. The van der Waals surface area contributed by atoms with Gasteiger partial charge in [-0.05, 0) is 50.4 Å². The van der Waals surface area contributed by atoms with Crippen molar-refractivity contribution in [2.24, 2.45) is 11.7 Å². The average Bonchev–Trinajstić information content (AvgIpc) is 2.81. The number of aliphatic hydroxyl groups is 1. The summed E-state index contributed by atoms with van der Waals surface area (Å²) in [7, 11) is 0. The van der Waals surface area contributed by atoms with E-state index in [1.807, 2.05) is 38.1 Å². The number of rotatable bonds is 4. The van der Waals surface area contributed by atoms with Crippen molar-refractivity contribution in [3.63, 3.8) is 0 Å². The van der Waals surface area contributed by atoms with E-state index in [2.05, 4.69) is 4.90 Å². The molecule has 0 amide bonds. The Kier molecular flexibility index (Phi) is 4.85. The van der Waals surface area contributed by atoms with Crippen molar-refractivity contribution in [3.8, 4) is 0 Å². The number of nitrogens with zero attached hydrogens (tertiary/aromatic N) is 1. The Hall–Kier alpha value is -0.610. The number of halogens is 1. The smallest absolute Gasteiger partial charge is 0.0552 e. The van der Waals surface area contributed by atoms with E-state index < -0.39 is 0 Å². The van der Waals surface area contributed by atoms with Crippen molar-refractivity contribution in [3.05, 3.63) is 34.9 Å². The summed E-state index contributed by atoms with van der Waals surface area (Å²) < 4.78 is 0. The monoisotopic (exact) mass is 282 g/mol. The minimum atomic E-state index is -0.246. The highest BCUT2D eigenvalue weighted by atomic mass is 35.5. The summed E-state index contributed by atoms with van der Waals surface area (Å²) in [5, 5.41) is 10.5. The molecule has 2 rings (SSSR count). The molecule has 1 aromatic rings. The molecular weight excluding hydrogens is 260 g/mol. The molecule has 3 N–H and O–H groups in total. The van der Waals surface area contributed by atoms with E-state index in [1.54, 1.807) is 0 Å². The summed E-state index contributed by atoms with van der Waals surface area (Å²) in [6.45, 7) is 5.81. The molecule has 1 aromatic carbocycles. The van der Waals surface area contributed by atoms with Crippen LogP contribution >= 0.6 is 11.6 Å². The van der Waals surface area contributed by atoms with Crippen molar-refractivity contribution in [2.75, 3.05) is 13.1 Å². The third kappa shape index (κ3) is 3.48. The molecule has 1 saturated heterocycles. The first kappa shape index (κ1) is 14.8. The highest BCUT2D eigenvalue weighted by Crippen LogP contribution is 2.31. The van der Waals surface area contributed by atoms with Crippen molar-refractivity contribution >= 4 is 11.6 Å². The second kappa shape index (κ2) is 6.23. The largest absolute Gasteiger partial charge is 0.393 e. The first-order valence-corrected chi connectivity index (χ1v) is 7.30. The Morgan fingerprint density at radius 1 is 1.32 bits per heavy atom. The lowest BCUT2D eigenvalue weighted by molar-refractivity contribution is 0.119. The third-order valence-corrected chi connectivity index (χ3v) is 4.29. The van der Waals surface area contributed by atoms with Gasteiger partial charge in [0, 0.05) is 23.7 Å². The molecule has 1 heterocycles. The Balaban J connectivity index is 2.15. The van der Waals surface area contributed by atoms with Gasteiger partial charge in [0.1, 0.15) is 0 Å². The SMILES string of the molecule is CC(N)C(c1ccc(Cl)cc1)N1CCC(C(C)O)C1. The van der Waals surface area contributed by atoms with Gasteiger partial charge in [0.2, 0.25) is 0 Å². The molecule has 1 fully saturated rings. The maximum absolute atomic E-state index is 9.72. The lowest BCUT2D eigenvalue weighted by atomic mass is 9.99. The molecule has 1 aliphatic rings. The molecule has 106 valence electrons. The van der Waals surface area contributed by atoms with E-state index in [-0.39, 0.29) is 18.2 Å². The van der Waals surface area contributed by atoms with Gasteiger partial charge in [-0.2, -0.15) is 0 Å². The minimum absolute atomic E-state index is 0.0499. The van der Waals surface area contributed by atoms with Crippen LogP contribution in [-0.2, 0) is 0 Å². The minimum Gasteiger partial charge on any atom is -0.393 e. The van der Waals surface area contributed by atoms with Gasteiger partial charge in [-0.25, -0.2) is 0 Å². The van der Waals surface area contributed by atoms with Crippen molar-refractivity contribution in [1.82, 2.24) is 4.90 Å². The molecule has 1 aliphatic heterocycles. The number of benzene rings is 1. The summed E-state index contributed by atoms with van der Waals surface area (Å²) in [6.07, 6.45) is 0.790. The predicted octanol–water partition coefficient (Wildman–Crippen LogP) is 2.43. The van der Waals surface area contributed by atoms with Gasteiger partial charge in [0.25, 0.3) is 0 Å². The van der Waals surface area contributed by atoms with Gasteiger partial charge in [0.05, 0.1) is 6.10 Å². The van der Waals surface area contributed by atoms with Crippen molar-refractivity contribution < 1.29 is 5.11 Å². The number of likely N-dealkylation sites (tertiary alicyclic amines) is 1. The quantitative estimate of drug-likeness (QED) is 0.892. The molecule has 0 saturated carbocycles. The lowest BCUT2D eigenvalue weighted by Gasteiger charge is -2.31. The Labute approximate surface area is 120 Å². The third-order valence-electron chi connectivity index (χ3n) is 4.04. The van der Waals surface area contributed by atoms with E-state index in [9.17, 15) is 5.11 Å². The molecule has 19 heavy (non-hydrogen) atoms. The lowest BCUT2D eigenvalue weighted by Crippen LogP contribution is -2.38. The highest BCUT2D eigenvalue weighted by Gasteiger charge is 2.32. The molecule has 4 unspecified atom stereocenters. The fourth-order valence-electron chi connectivity index (χ4n) is 2.97. The highest BCUT2D eigenvalue weighted by molar-refractivity contribution is 6.30. The number of nitrogens with two attached hydrogens (primary N) is 1. The van der Waals surface area contributed by atoms with E-state index >= 15 is 0 Å². The topological polar surface area (TPSA) is 49.5 Å². The zero-order chi connectivity index (χ0) is 14.0. The predicted molar refractivity (Wildman–Crippen MR) is 79.2 cm³/mol. The molecule has 4 atom stereocenters. The second-order valence-corrected chi connectivity index (χ2v) is 6.08. The van der Waals surface area contributed by atoms with Crippen LogP contribution in [0.15, 0.2) is 24.3 Å². The number of aliphatic hydroxyl groups excluding tert-OH is 1. The van der Waals surface area contributed by atoms with E-state index in [1.165, 1.54) is 5.56 Å². The van der Waals surface area contributed by atoms with E-state index in [0.717, 1.165) is 24.5 Å². The van der Waals surface area contributed by atoms with Gasteiger partial charge in [0.15, 0.2) is 0 Å². The first-order valence-electron chi connectivity index (χ1n) is 6.92. The Morgan fingerprint density at radius 2 is 1.95 bits per heavy atom. The summed E-state index contributed by atoms with van der Waals surface area (Å²) in [6, 6.07) is 8.16. The maximum Gasteiger partial charge on any atom is 0.0552 e. The van der Waals surface area contributed by atoms with E-state index in [4.69, 9.17) is 17.3 Å². The van der Waals surface area contributed by atoms with Crippen LogP contribution in [0.4, 0.5) is 0 Å². The summed E-state index contributed by atoms with van der Waals surface area (Å²) >= 11 is 5.94. The van der Waals surface area contributed by atoms with Crippen LogP contribution in [0.3, 0.4) is 0 Å². The molecule has 0 bridgehead atoms. The molecule has 0 aromatic heterocycles. The van der Waals surface area contributed by atoms with Crippen LogP contribution in [0.5, 0.6) is 0 Å². The number of hydrogen-bond acceptors (Lipinski definition) is 3. The Bertz CT molecular complexity index is 405. The van der Waals surface area contributed by atoms with Crippen LogP contribution in [0.2, 0.25) is 5.02 Å². The Morgan fingerprint density at radius 3 is 2.42 bits per heavy atom. The van der Waals surface area contributed by atoms with E-state index in [0.29, 0.717) is 5.92 Å². The fraction of sp³-hybridized carbons (Fsp3) is 0.600. The van der Waals surface area contributed by atoms with Crippen LogP contribution in [0.1, 0.15) is 31.9 Å². The normalized spacial score (nSPS) is 25.2. The maximum atomic E-state index is 9.72. The average molecular weight is 283 g/mol. The zero-order valence-electron chi connectivity index (χ0n) is 11.6. The van der Waals surface area contributed by atoms with Crippen LogP contribution in [-0.4, -0.2) is 35.2 Å². The summed E-state index contributed by atoms with van der Waals surface area (Å²) in [4.78, 5) is 2.38. The molecule has 0 spiro atoms. The van der Waals surface area contributed by atoms with Gasteiger partial charge < -0.3 is 10.8 Å². The number of hydrogen-bond donors (Lipinski definition) is 2. The molecule has 0 aliphatic carbocycles. The second-order valence-electron chi connectivity index (χ2n) is 5.64. The molecular formula is C15H23ClN2O. The van der Waals surface area contributed by atoms with Crippen LogP contribution < -0.4 is 5.73 Å². The van der Waals surface area contributed by atoms with Gasteiger partial charge in [-0.3, -0.25) is 4.90 Å². The van der Waals surface area contributed by atoms with Crippen LogP contribution in [0.25, 0.3) is 0 Å².